The van der Waals surface area contributed by atoms with E-state index < -0.39 is 0 Å². The second-order valence-corrected chi connectivity index (χ2v) is 5.10. The van der Waals surface area contributed by atoms with Gasteiger partial charge in [0.15, 0.2) is 0 Å². The number of hydrogen-bond donors (Lipinski definition) is 1. The summed E-state index contributed by atoms with van der Waals surface area (Å²) in [5, 5.41) is 4.57. The molecule has 2 aromatic rings. The van der Waals surface area contributed by atoms with E-state index in [9.17, 15) is 4.39 Å². The van der Waals surface area contributed by atoms with Crippen molar-refractivity contribution in [1.82, 2.24) is 9.78 Å². The first-order chi connectivity index (χ1) is 8.91. The predicted octanol–water partition coefficient (Wildman–Crippen LogP) is 2.88. The molecule has 1 aromatic carbocycles. The Morgan fingerprint density at radius 3 is 2.16 bits per heavy atom. The lowest BCUT2D eigenvalue weighted by Gasteiger charge is -2.23. The number of benzene rings is 1. The second-order valence-electron chi connectivity index (χ2n) is 5.10. The Morgan fingerprint density at radius 2 is 1.74 bits per heavy atom. The third kappa shape index (κ3) is 2.54. The molecule has 2 rings (SSSR count). The molecule has 0 saturated heterocycles. The number of nitrogens with two attached hydrogens (primary N) is 1. The monoisotopic (exact) mass is 261 g/mol. The fraction of sp³-hybridized carbons (Fsp3) is 0.400. The van der Waals surface area contributed by atoms with Gasteiger partial charge in [-0.2, -0.15) is 5.10 Å². The molecule has 2 N–H and O–H groups in total. The van der Waals surface area contributed by atoms with E-state index >= 15 is 0 Å². The molecule has 0 aliphatic heterocycles. The van der Waals surface area contributed by atoms with Crippen molar-refractivity contribution in [3.05, 3.63) is 52.6 Å². The van der Waals surface area contributed by atoms with Crippen LogP contribution in [0.2, 0.25) is 0 Å². The number of halogens is 1. The number of nitrogens with zero attached hydrogens (tertiary/aromatic N) is 2. The van der Waals surface area contributed by atoms with Gasteiger partial charge in [0, 0.05) is 11.7 Å². The van der Waals surface area contributed by atoms with Gasteiger partial charge in [-0.05, 0) is 51.0 Å². The number of aromatic nitrogens is 2. The largest absolute Gasteiger partial charge is 0.326 e. The van der Waals surface area contributed by atoms with E-state index in [0.29, 0.717) is 0 Å². The van der Waals surface area contributed by atoms with Crippen LogP contribution in [0.3, 0.4) is 0 Å². The SMILES string of the molecule is Cc1nn(C(c2ccc(F)cc2)C(C)N)c(C)c1C. The zero-order chi connectivity index (χ0) is 14.2. The smallest absolute Gasteiger partial charge is 0.123 e. The van der Waals surface area contributed by atoms with Gasteiger partial charge in [-0.3, -0.25) is 4.68 Å². The highest BCUT2D eigenvalue weighted by Gasteiger charge is 2.22. The molecule has 1 aromatic heterocycles. The zero-order valence-electron chi connectivity index (χ0n) is 11.8. The van der Waals surface area contributed by atoms with Crippen molar-refractivity contribution in [1.29, 1.82) is 0 Å². The minimum absolute atomic E-state index is 0.0759. The average Bonchev–Trinajstić information content (AvgIpc) is 2.60. The van der Waals surface area contributed by atoms with Gasteiger partial charge >= 0.3 is 0 Å². The fourth-order valence-corrected chi connectivity index (χ4v) is 2.34. The Balaban J connectivity index is 2.51. The molecule has 4 heteroatoms. The molecule has 0 saturated carbocycles. The molecule has 0 bridgehead atoms. The Bertz CT molecular complexity index is 570. The average molecular weight is 261 g/mol. The summed E-state index contributed by atoms with van der Waals surface area (Å²) < 4.78 is 15.0. The molecule has 2 atom stereocenters. The van der Waals surface area contributed by atoms with E-state index in [-0.39, 0.29) is 17.9 Å². The summed E-state index contributed by atoms with van der Waals surface area (Å²) in [6, 6.07) is 6.28. The van der Waals surface area contributed by atoms with Gasteiger partial charge in [0.05, 0.1) is 11.7 Å². The standard InChI is InChI=1S/C15H20FN3/c1-9-11(3)18-19(12(9)4)15(10(2)17)13-5-7-14(16)8-6-13/h5-8,10,15H,17H2,1-4H3. The summed E-state index contributed by atoms with van der Waals surface area (Å²) in [7, 11) is 0. The first kappa shape index (κ1) is 13.7. The van der Waals surface area contributed by atoms with E-state index in [1.807, 2.05) is 25.5 Å². The number of aryl methyl sites for hydroxylation is 1. The van der Waals surface area contributed by atoms with Crippen LogP contribution in [0.5, 0.6) is 0 Å². The van der Waals surface area contributed by atoms with Crippen molar-refractivity contribution in [2.24, 2.45) is 5.73 Å². The summed E-state index contributed by atoms with van der Waals surface area (Å²) in [6.45, 7) is 8.02. The molecule has 0 aliphatic rings. The molecular formula is C15H20FN3. The summed E-state index contributed by atoms with van der Waals surface area (Å²) in [5.41, 5.74) is 10.4. The highest BCUT2D eigenvalue weighted by atomic mass is 19.1. The molecule has 102 valence electrons. The first-order valence-corrected chi connectivity index (χ1v) is 6.45. The maximum atomic E-state index is 13.0. The molecule has 2 unspecified atom stereocenters. The molecule has 3 nitrogen and oxygen atoms in total. The molecule has 0 amide bonds. The van der Waals surface area contributed by atoms with Gasteiger partial charge < -0.3 is 5.73 Å². The van der Waals surface area contributed by atoms with Crippen LogP contribution in [0.4, 0.5) is 4.39 Å². The minimum atomic E-state index is -0.239. The quantitative estimate of drug-likeness (QED) is 0.923. The lowest BCUT2D eigenvalue weighted by molar-refractivity contribution is 0.442. The Kier molecular flexibility index (Phi) is 3.71. The van der Waals surface area contributed by atoms with E-state index in [4.69, 9.17) is 5.73 Å². The van der Waals surface area contributed by atoms with Crippen LogP contribution < -0.4 is 5.73 Å². The van der Waals surface area contributed by atoms with E-state index in [0.717, 1.165) is 17.0 Å². The van der Waals surface area contributed by atoms with Crippen LogP contribution >= 0.6 is 0 Å². The van der Waals surface area contributed by atoms with Gasteiger partial charge in [0.25, 0.3) is 0 Å². The van der Waals surface area contributed by atoms with Gasteiger partial charge in [-0.25, -0.2) is 4.39 Å². The molecular weight excluding hydrogens is 241 g/mol. The summed E-state index contributed by atoms with van der Waals surface area (Å²) in [6.07, 6.45) is 0. The van der Waals surface area contributed by atoms with E-state index in [2.05, 4.69) is 12.0 Å². The maximum Gasteiger partial charge on any atom is 0.123 e. The van der Waals surface area contributed by atoms with Crippen molar-refractivity contribution in [2.75, 3.05) is 0 Å². The Morgan fingerprint density at radius 1 is 1.16 bits per heavy atom. The summed E-state index contributed by atoms with van der Waals surface area (Å²) in [5.74, 6) is -0.239. The van der Waals surface area contributed by atoms with Gasteiger partial charge in [-0.15, -0.1) is 0 Å². The van der Waals surface area contributed by atoms with Crippen LogP contribution in [0.1, 0.15) is 35.5 Å². The molecule has 1 heterocycles. The Labute approximate surface area is 113 Å². The molecule has 0 fully saturated rings. The third-order valence-electron chi connectivity index (χ3n) is 3.66. The highest BCUT2D eigenvalue weighted by Crippen LogP contribution is 2.25. The van der Waals surface area contributed by atoms with Crippen LogP contribution in [-0.2, 0) is 0 Å². The van der Waals surface area contributed by atoms with Crippen molar-refractivity contribution < 1.29 is 4.39 Å². The van der Waals surface area contributed by atoms with Crippen molar-refractivity contribution >= 4 is 0 Å². The topological polar surface area (TPSA) is 43.8 Å². The normalized spacial score (nSPS) is 14.4. The van der Waals surface area contributed by atoms with Gasteiger partial charge in [-0.1, -0.05) is 12.1 Å². The van der Waals surface area contributed by atoms with Crippen LogP contribution in [0.25, 0.3) is 0 Å². The summed E-state index contributed by atoms with van der Waals surface area (Å²) in [4.78, 5) is 0. The number of rotatable bonds is 3. The summed E-state index contributed by atoms with van der Waals surface area (Å²) >= 11 is 0. The van der Waals surface area contributed by atoms with Crippen molar-refractivity contribution in [3.8, 4) is 0 Å². The fourth-order valence-electron chi connectivity index (χ4n) is 2.34. The first-order valence-electron chi connectivity index (χ1n) is 6.45. The lowest BCUT2D eigenvalue weighted by Crippen LogP contribution is -2.31. The van der Waals surface area contributed by atoms with E-state index in [1.54, 1.807) is 12.1 Å². The minimum Gasteiger partial charge on any atom is -0.326 e. The molecule has 0 spiro atoms. The second kappa shape index (κ2) is 5.13. The predicted molar refractivity (Wildman–Crippen MR) is 74.6 cm³/mol. The van der Waals surface area contributed by atoms with E-state index in [1.165, 1.54) is 17.7 Å². The number of hydrogen-bond acceptors (Lipinski definition) is 2. The highest BCUT2D eigenvalue weighted by molar-refractivity contribution is 5.28. The Hall–Kier alpha value is -1.68. The van der Waals surface area contributed by atoms with Crippen LogP contribution in [0.15, 0.2) is 24.3 Å². The van der Waals surface area contributed by atoms with Crippen LogP contribution in [-0.4, -0.2) is 15.8 Å². The maximum absolute atomic E-state index is 13.0. The van der Waals surface area contributed by atoms with Crippen molar-refractivity contribution in [3.63, 3.8) is 0 Å². The third-order valence-corrected chi connectivity index (χ3v) is 3.66. The molecule has 0 radical (unpaired) electrons. The molecule has 0 aliphatic carbocycles. The zero-order valence-corrected chi connectivity index (χ0v) is 11.8. The lowest BCUT2D eigenvalue weighted by atomic mass is 10.0. The van der Waals surface area contributed by atoms with Gasteiger partial charge in [0.1, 0.15) is 5.82 Å². The van der Waals surface area contributed by atoms with Crippen molar-refractivity contribution in [2.45, 2.75) is 39.8 Å². The van der Waals surface area contributed by atoms with Crippen LogP contribution in [0, 0.1) is 26.6 Å². The van der Waals surface area contributed by atoms with Gasteiger partial charge in [0.2, 0.25) is 0 Å². The molecule has 19 heavy (non-hydrogen) atoms.